The van der Waals surface area contributed by atoms with Crippen molar-refractivity contribution in [3.05, 3.63) is 35.9 Å². The number of thiophene rings is 1. The van der Waals surface area contributed by atoms with Crippen LogP contribution in [0.2, 0.25) is 0 Å². The summed E-state index contributed by atoms with van der Waals surface area (Å²) in [5.41, 5.74) is 2.60. The number of hydrogen-bond donors (Lipinski definition) is 2. The van der Waals surface area contributed by atoms with Crippen molar-refractivity contribution in [2.24, 2.45) is 23.7 Å². The van der Waals surface area contributed by atoms with Gasteiger partial charge in [-0.15, -0.1) is 11.3 Å². The predicted octanol–water partition coefficient (Wildman–Crippen LogP) is 4.31. The molecule has 3 aliphatic carbocycles. The molecule has 8 heteroatoms. The summed E-state index contributed by atoms with van der Waals surface area (Å²) in [5.74, 6) is 0.679. The fourth-order valence-electron chi connectivity index (χ4n) is 5.71. The van der Waals surface area contributed by atoms with E-state index in [-0.39, 0.29) is 11.8 Å². The number of hydrogen-bond acceptors (Lipinski definition) is 6. The van der Waals surface area contributed by atoms with E-state index in [1.54, 1.807) is 17.5 Å². The second-order valence-corrected chi connectivity index (χ2v) is 9.42. The maximum atomic E-state index is 12.1. The van der Waals surface area contributed by atoms with Crippen molar-refractivity contribution >= 4 is 38.6 Å². The third kappa shape index (κ3) is 2.74. The quantitative estimate of drug-likeness (QED) is 0.511. The van der Waals surface area contributed by atoms with Crippen molar-refractivity contribution in [3.63, 3.8) is 0 Å². The summed E-state index contributed by atoms with van der Waals surface area (Å²) in [6.07, 6.45) is 10.2. The van der Waals surface area contributed by atoms with E-state index in [9.17, 15) is 9.90 Å². The molecule has 30 heavy (non-hydrogen) atoms. The summed E-state index contributed by atoms with van der Waals surface area (Å²) >= 11 is 1.59. The summed E-state index contributed by atoms with van der Waals surface area (Å²) in [6, 6.07) is 2.06. The maximum Gasteiger partial charge on any atom is 0.307 e. The topological polar surface area (TPSA) is 105 Å². The van der Waals surface area contributed by atoms with Gasteiger partial charge in [-0.05, 0) is 61.3 Å². The third-order valence-electron chi connectivity index (χ3n) is 7.11. The van der Waals surface area contributed by atoms with Gasteiger partial charge in [-0.3, -0.25) is 4.79 Å². The van der Waals surface area contributed by atoms with Crippen molar-refractivity contribution in [3.8, 4) is 11.4 Å². The molecule has 2 atom stereocenters. The van der Waals surface area contributed by atoms with Crippen LogP contribution in [0.3, 0.4) is 0 Å². The van der Waals surface area contributed by atoms with E-state index in [0.717, 1.165) is 58.2 Å². The van der Waals surface area contributed by atoms with Crippen molar-refractivity contribution < 1.29 is 9.90 Å². The van der Waals surface area contributed by atoms with Crippen molar-refractivity contribution in [1.82, 2.24) is 24.9 Å². The van der Waals surface area contributed by atoms with Gasteiger partial charge >= 0.3 is 5.97 Å². The monoisotopic (exact) mass is 419 g/mol. The zero-order chi connectivity index (χ0) is 20.2. The highest BCUT2D eigenvalue weighted by molar-refractivity contribution is 7.16. The lowest BCUT2D eigenvalue weighted by Gasteiger charge is -2.46. The van der Waals surface area contributed by atoms with Crippen LogP contribution in [0.5, 0.6) is 0 Å². The second-order valence-electron chi connectivity index (χ2n) is 8.53. The fraction of sp³-hybridized carbons (Fsp3) is 0.409. The van der Waals surface area contributed by atoms with Gasteiger partial charge in [0.25, 0.3) is 0 Å². The Morgan fingerprint density at radius 3 is 2.83 bits per heavy atom. The number of H-pyrrole nitrogens is 1. The average Bonchev–Trinajstić information content (AvgIpc) is 3.41. The van der Waals surface area contributed by atoms with Gasteiger partial charge in [-0.25, -0.2) is 19.9 Å². The zero-order valence-electron chi connectivity index (χ0n) is 16.3. The number of nitrogens with zero attached hydrogens (tertiary/aromatic N) is 4. The lowest BCUT2D eigenvalue weighted by atomic mass is 9.57. The van der Waals surface area contributed by atoms with Crippen LogP contribution in [0.15, 0.2) is 30.2 Å². The Morgan fingerprint density at radius 1 is 1.17 bits per heavy atom. The molecule has 4 aromatic heterocycles. The Kier molecular flexibility index (Phi) is 4.09. The molecule has 0 saturated heterocycles. The van der Waals surface area contributed by atoms with E-state index in [1.807, 2.05) is 11.6 Å². The standard InChI is InChI=1S/C22H21N5O2S/c28-22(29)18-12-3-1-11(2-4-12)14(18)7-17-13-5-6-30-21(13)27-20(26-17)16-9-24-19-15(16)8-23-10-25-19/h5-6,8-12,14,18H,1-4,7H2,(H,28,29)(H,23,24,25). The van der Waals surface area contributed by atoms with Crippen LogP contribution in [0.4, 0.5) is 0 Å². The molecule has 4 aromatic rings. The number of carboxylic acids is 1. The minimum atomic E-state index is -0.640. The summed E-state index contributed by atoms with van der Waals surface area (Å²) in [5, 5.41) is 13.9. The Balaban J connectivity index is 1.45. The number of aliphatic carboxylic acids is 1. The number of fused-ring (bicyclic) bond motifs is 5. The number of aromatic nitrogens is 5. The minimum Gasteiger partial charge on any atom is -0.481 e. The number of aromatic amines is 1. The first-order valence-corrected chi connectivity index (χ1v) is 11.3. The summed E-state index contributed by atoms with van der Waals surface area (Å²) in [4.78, 5) is 34.4. The van der Waals surface area contributed by atoms with Gasteiger partial charge in [-0.1, -0.05) is 0 Å². The normalized spacial score (nSPS) is 25.9. The molecule has 152 valence electrons. The van der Waals surface area contributed by atoms with Gasteiger partial charge in [0.05, 0.1) is 11.6 Å². The number of carboxylic acid groups (broad SMARTS) is 1. The molecule has 2 N–H and O–H groups in total. The molecule has 0 spiro atoms. The Bertz CT molecular complexity index is 1260. The first-order chi connectivity index (χ1) is 14.7. The summed E-state index contributed by atoms with van der Waals surface area (Å²) in [6.45, 7) is 0. The van der Waals surface area contributed by atoms with Gasteiger partial charge in [0.15, 0.2) is 5.82 Å². The van der Waals surface area contributed by atoms with Gasteiger partial charge in [0.2, 0.25) is 0 Å². The van der Waals surface area contributed by atoms with E-state index >= 15 is 0 Å². The van der Waals surface area contributed by atoms with Crippen LogP contribution in [0, 0.1) is 23.7 Å². The number of rotatable bonds is 4. The SMILES string of the molecule is O=C(O)C1C2CCC(CC2)C1Cc1nc(-c2c[nH]c3ncncc23)nc2sccc12. The van der Waals surface area contributed by atoms with Crippen LogP contribution >= 0.6 is 11.3 Å². The highest BCUT2D eigenvalue weighted by atomic mass is 32.1. The summed E-state index contributed by atoms with van der Waals surface area (Å²) in [7, 11) is 0. The molecule has 7 nitrogen and oxygen atoms in total. The fourth-order valence-corrected chi connectivity index (χ4v) is 6.50. The highest BCUT2D eigenvalue weighted by Crippen LogP contribution is 2.50. The minimum absolute atomic E-state index is 0.146. The second kappa shape index (κ2) is 6.84. The molecule has 2 bridgehead atoms. The smallest absolute Gasteiger partial charge is 0.307 e. The molecule has 4 heterocycles. The lowest BCUT2D eigenvalue weighted by Crippen LogP contribution is -2.45. The molecule has 7 rings (SSSR count). The predicted molar refractivity (Wildman–Crippen MR) is 114 cm³/mol. The highest BCUT2D eigenvalue weighted by Gasteiger charge is 2.47. The van der Waals surface area contributed by atoms with E-state index in [2.05, 4.69) is 21.0 Å². The molecule has 0 aliphatic heterocycles. The molecule has 2 unspecified atom stereocenters. The van der Waals surface area contributed by atoms with Crippen LogP contribution in [-0.4, -0.2) is 36.0 Å². The number of carbonyl (C=O) groups is 1. The van der Waals surface area contributed by atoms with Crippen LogP contribution in [0.1, 0.15) is 31.4 Å². The van der Waals surface area contributed by atoms with Crippen molar-refractivity contribution in [1.29, 1.82) is 0 Å². The van der Waals surface area contributed by atoms with Gasteiger partial charge in [-0.2, -0.15) is 0 Å². The molecule has 0 amide bonds. The van der Waals surface area contributed by atoms with Gasteiger partial charge < -0.3 is 10.1 Å². The molecular weight excluding hydrogens is 398 g/mol. The van der Waals surface area contributed by atoms with Gasteiger partial charge in [0, 0.05) is 28.7 Å². The molecular formula is C22H21N5O2S. The van der Waals surface area contributed by atoms with E-state index in [0.29, 0.717) is 24.1 Å². The molecule has 3 aliphatic rings. The molecule has 3 saturated carbocycles. The number of nitrogens with one attached hydrogen (secondary N) is 1. The summed E-state index contributed by atoms with van der Waals surface area (Å²) < 4.78 is 0. The Hall–Kier alpha value is -2.87. The molecule has 0 radical (unpaired) electrons. The van der Waals surface area contributed by atoms with E-state index < -0.39 is 5.97 Å². The van der Waals surface area contributed by atoms with E-state index in [1.165, 1.54) is 6.33 Å². The lowest BCUT2D eigenvalue weighted by molar-refractivity contribution is -0.152. The first-order valence-electron chi connectivity index (χ1n) is 10.4. The van der Waals surface area contributed by atoms with E-state index in [4.69, 9.17) is 9.97 Å². The van der Waals surface area contributed by atoms with Crippen LogP contribution in [-0.2, 0) is 11.2 Å². The van der Waals surface area contributed by atoms with Crippen LogP contribution in [0.25, 0.3) is 32.6 Å². The van der Waals surface area contributed by atoms with Crippen molar-refractivity contribution in [2.75, 3.05) is 0 Å². The van der Waals surface area contributed by atoms with Gasteiger partial charge in [0.1, 0.15) is 16.8 Å². The maximum absolute atomic E-state index is 12.1. The van der Waals surface area contributed by atoms with Crippen molar-refractivity contribution in [2.45, 2.75) is 32.1 Å². The Morgan fingerprint density at radius 2 is 2.00 bits per heavy atom. The Labute approximate surface area is 176 Å². The molecule has 3 fully saturated rings. The largest absolute Gasteiger partial charge is 0.481 e. The average molecular weight is 420 g/mol. The molecule has 0 aromatic carbocycles. The first kappa shape index (κ1) is 17.9. The van der Waals surface area contributed by atoms with Crippen LogP contribution < -0.4 is 0 Å². The zero-order valence-corrected chi connectivity index (χ0v) is 17.1. The third-order valence-corrected chi connectivity index (χ3v) is 7.91.